The van der Waals surface area contributed by atoms with Crippen LogP contribution < -0.4 is 10.1 Å². The number of carbonyl (C=O) groups excluding carboxylic acids is 1. The number of nitrogens with zero attached hydrogens (tertiary/aromatic N) is 4. The number of pyridine rings is 1. The van der Waals surface area contributed by atoms with E-state index in [1.54, 1.807) is 24.5 Å². The van der Waals surface area contributed by atoms with Crippen LogP contribution in [0.5, 0.6) is 11.5 Å². The molecule has 172 valence electrons. The topological polar surface area (TPSA) is 72.3 Å². The summed E-state index contributed by atoms with van der Waals surface area (Å²) in [4.78, 5) is 19.3. The molecule has 7 heteroatoms. The lowest BCUT2D eigenvalue weighted by Gasteiger charge is -2.14. The molecule has 5 rings (SSSR count). The summed E-state index contributed by atoms with van der Waals surface area (Å²) in [5.41, 5.74) is 2.47. The summed E-state index contributed by atoms with van der Waals surface area (Å²) in [6, 6.07) is 17.2. The first kappa shape index (κ1) is 21.9. The van der Waals surface area contributed by atoms with Gasteiger partial charge in [0, 0.05) is 41.7 Å². The van der Waals surface area contributed by atoms with Crippen LogP contribution in [0.25, 0.3) is 17.0 Å². The highest BCUT2D eigenvalue weighted by Crippen LogP contribution is 2.25. The highest BCUT2D eigenvalue weighted by molar-refractivity contribution is 6.03. The van der Waals surface area contributed by atoms with E-state index >= 15 is 0 Å². The van der Waals surface area contributed by atoms with Gasteiger partial charge in [0.15, 0.2) is 0 Å². The maximum Gasteiger partial charge on any atom is 0.248 e. The molecular weight excluding hydrogens is 426 g/mol. The molecular formula is C27H27N5O2. The number of carbonyl (C=O) groups is 1. The normalized spacial score (nSPS) is 14.1. The number of rotatable bonds is 8. The first-order valence-corrected chi connectivity index (χ1v) is 11.6. The lowest BCUT2D eigenvalue weighted by molar-refractivity contribution is -0.111. The molecule has 1 amide bonds. The Balaban J connectivity index is 1.25. The largest absolute Gasteiger partial charge is 0.457 e. The van der Waals surface area contributed by atoms with E-state index in [0.717, 1.165) is 41.0 Å². The van der Waals surface area contributed by atoms with Crippen LogP contribution in [0.3, 0.4) is 0 Å². The summed E-state index contributed by atoms with van der Waals surface area (Å²) in [5, 5.41) is 8.55. The van der Waals surface area contributed by atoms with Crippen molar-refractivity contribution in [3.63, 3.8) is 0 Å². The van der Waals surface area contributed by atoms with Crippen molar-refractivity contribution >= 4 is 28.6 Å². The number of amides is 1. The fourth-order valence-electron chi connectivity index (χ4n) is 4.15. The molecule has 1 aliphatic rings. The van der Waals surface area contributed by atoms with Gasteiger partial charge < -0.3 is 15.0 Å². The summed E-state index contributed by atoms with van der Waals surface area (Å²) < 4.78 is 7.95. The SMILES string of the molecule is O=C(/C=C/c1cnccc1Oc1ccccc1)Nc1ccc2cnn(CCN3CCCC3)c2c1. The monoisotopic (exact) mass is 453 g/mol. The molecule has 0 spiro atoms. The predicted octanol–water partition coefficient (Wildman–Crippen LogP) is 4.97. The predicted molar refractivity (Wildman–Crippen MR) is 134 cm³/mol. The van der Waals surface area contributed by atoms with E-state index in [9.17, 15) is 4.79 Å². The van der Waals surface area contributed by atoms with Crippen LogP contribution in [0.1, 0.15) is 18.4 Å². The van der Waals surface area contributed by atoms with Gasteiger partial charge in [-0.2, -0.15) is 5.10 Å². The van der Waals surface area contributed by atoms with E-state index in [0.29, 0.717) is 5.75 Å². The van der Waals surface area contributed by atoms with Crippen LogP contribution in [0.15, 0.2) is 79.3 Å². The maximum atomic E-state index is 12.6. The van der Waals surface area contributed by atoms with Crippen molar-refractivity contribution in [1.29, 1.82) is 0 Å². The third-order valence-corrected chi connectivity index (χ3v) is 5.93. The minimum Gasteiger partial charge on any atom is -0.457 e. The molecule has 4 aromatic rings. The van der Waals surface area contributed by atoms with Crippen LogP contribution in [-0.2, 0) is 11.3 Å². The van der Waals surface area contributed by atoms with Gasteiger partial charge in [-0.05, 0) is 68.4 Å². The van der Waals surface area contributed by atoms with Gasteiger partial charge in [-0.15, -0.1) is 0 Å². The highest BCUT2D eigenvalue weighted by Gasteiger charge is 2.12. The first-order valence-electron chi connectivity index (χ1n) is 11.6. The van der Waals surface area contributed by atoms with Gasteiger partial charge in [-0.3, -0.25) is 14.5 Å². The molecule has 1 fully saturated rings. The molecule has 3 heterocycles. The zero-order chi connectivity index (χ0) is 23.2. The Morgan fingerprint density at radius 2 is 1.88 bits per heavy atom. The van der Waals surface area contributed by atoms with Gasteiger partial charge in [-0.1, -0.05) is 18.2 Å². The Labute approximate surface area is 198 Å². The fraction of sp³-hybridized carbons (Fsp3) is 0.222. The lowest BCUT2D eigenvalue weighted by atomic mass is 10.2. The second-order valence-corrected chi connectivity index (χ2v) is 8.34. The molecule has 0 bridgehead atoms. The van der Waals surface area contributed by atoms with Crippen LogP contribution in [-0.4, -0.2) is 45.2 Å². The Morgan fingerprint density at radius 3 is 2.74 bits per heavy atom. The van der Waals surface area contributed by atoms with Gasteiger partial charge in [-0.25, -0.2) is 0 Å². The number of fused-ring (bicyclic) bond motifs is 1. The molecule has 2 aromatic heterocycles. The summed E-state index contributed by atoms with van der Waals surface area (Å²) in [7, 11) is 0. The molecule has 0 saturated carbocycles. The molecule has 2 aromatic carbocycles. The van der Waals surface area contributed by atoms with E-state index in [4.69, 9.17) is 4.74 Å². The van der Waals surface area contributed by atoms with Crippen molar-refractivity contribution in [1.82, 2.24) is 19.7 Å². The van der Waals surface area contributed by atoms with Crippen molar-refractivity contribution in [2.24, 2.45) is 0 Å². The van der Waals surface area contributed by atoms with E-state index < -0.39 is 0 Å². The van der Waals surface area contributed by atoms with Crippen molar-refractivity contribution in [3.8, 4) is 11.5 Å². The van der Waals surface area contributed by atoms with Gasteiger partial charge in [0.1, 0.15) is 11.5 Å². The average molecular weight is 454 g/mol. The van der Waals surface area contributed by atoms with Gasteiger partial charge in [0.2, 0.25) is 5.91 Å². The number of aromatic nitrogens is 3. The first-order chi connectivity index (χ1) is 16.7. The van der Waals surface area contributed by atoms with Crippen molar-refractivity contribution in [2.45, 2.75) is 19.4 Å². The Hall–Kier alpha value is -3.97. The van der Waals surface area contributed by atoms with Gasteiger partial charge in [0.25, 0.3) is 0 Å². The van der Waals surface area contributed by atoms with E-state index in [1.807, 2.05) is 59.4 Å². The summed E-state index contributed by atoms with van der Waals surface area (Å²) in [5.74, 6) is 1.13. The molecule has 0 aliphatic carbocycles. The van der Waals surface area contributed by atoms with Crippen molar-refractivity contribution in [3.05, 3.63) is 84.8 Å². The third-order valence-electron chi connectivity index (χ3n) is 5.93. The van der Waals surface area contributed by atoms with E-state index in [-0.39, 0.29) is 5.91 Å². The second kappa shape index (κ2) is 10.3. The molecule has 0 unspecified atom stereocenters. The van der Waals surface area contributed by atoms with Crippen LogP contribution >= 0.6 is 0 Å². The molecule has 0 radical (unpaired) electrons. The number of anilines is 1. The van der Waals surface area contributed by atoms with E-state index in [1.165, 1.54) is 32.0 Å². The molecule has 1 saturated heterocycles. The number of hydrogen-bond acceptors (Lipinski definition) is 5. The lowest BCUT2D eigenvalue weighted by Crippen LogP contribution is -2.24. The van der Waals surface area contributed by atoms with Crippen molar-refractivity contribution < 1.29 is 9.53 Å². The summed E-state index contributed by atoms with van der Waals surface area (Å²) >= 11 is 0. The Kier molecular flexibility index (Phi) is 6.63. The smallest absolute Gasteiger partial charge is 0.248 e. The Morgan fingerprint density at radius 1 is 1.03 bits per heavy atom. The van der Waals surface area contributed by atoms with Crippen molar-refractivity contribution in [2.75, 3.05) is 25.0 Å². The third kappa shape index (κ3) is 5.32. The summed E-state index contributed by atoms with van der Waals surface area (Å²) in [6.07, 6.45) is 11.0. The number of hydrogen-bond donors (Lipinski definition) is 1. The minimum absolute atomic E-state index is 0.225. The molecule has 7 nitrogen and oxygen atoms in total. The molecule has 1 N–H and O–H groups in total. The fourth-order valence-corrected chi connectivity index (χ4v) is 4.15. The van der Waals surface area contributed by atoms with Crippen LogP contribution in [0, 0.1) is 0 Å². The standard InChI is InChI=1S/C27H27N5O2/c33-27(11-9-22-19-28-13-12-26(22)34-24-6-2-1-3-7-24)30-23-10-8-21-20-29-32(25(21)18-23)17-16-31-14-4-5-15-31/h1-3,6-13,18-20H,4-5,14-17H2,(H,30,33)/b11-9+. The number of ether oxygens (including phenoxy) is 1. The number of likely N-dealkylation sites (tertiary alicyclic amines) is 1. The second-order valence-electron chi connectivity index (χ2n) is 8.34. The average Bonchev–Trinajstić information content (AvgIpc) is 3.53. The quantitative estimate of drug-likeness (QED) is 0.381. The number of para-hydroxylation sites is 1. The zero-order valence-corrected chi connectivity index (χ0v) is 18.9. The maximum absolute atomic E-state index is 12.6. The summed E-state index contributed by atoms with van der Waals surface area (Å²) in [6.45, 7) is 4.17. The zero-order valence-electron chi connectivity index (χ0n) is 18.9. The highest BCUT2D eigenvalue weighted by atomic mass is 16.5. The molecule has 0 atom stereocenters. The van der Waals surface area contributed by atoms with Gasteiger partial charge >= 0.3 is 0 Å². The van der Waals surface area contributed by atoms with Crippen LogP contribution in [0.4, 0.5) is 5.69 Å². The Bertz CT molecular complexity index is 1290. The minimum atomic E-state index is -0.225. The van der Waals surface area contributed by atoms with E-state index in [2.05, 4.69) is 20.3 Å². The van der Waals surface area contributed by atoms with Gasteiger partial charge in [0.05, 0.1) is 18.3 Å². The molecule has 34 heavy (non-hydrogen) atoms. The number of benzene rings is 2. The molecule has 1 aliphatic heterocycles. The van der Waals surface area contributed by atoms with Crippen LogP contribution in [0.2, 0.25) is 0 Å². The number of nitrogens with one attached hydrogen (secondary N) is 1.